The van der Waals surface area contributed by atoms with Crippen LogP contribution in [0.15, 0.2) is 16.9 Å². The molecule has 8 heavy (non-hydrogen) atoms. The van der Waals surface area contributed by atoms with Gasteiger partial charge in [0.1, 0.15) is 0 Å². The van der Waals surface area contributed by atoms with Crippen molar-refractivity contribution in [3.05, 3.63) is 28.7 Å². The third-order valence-electron chi connectivity index (χ3n) is 0.540. The molecule has 0 aromatic carbocycles. The van der Waals surface area contributed by atoms with Gasteiger partial charge in [-0.2, -0.15) is 0 Å². The van der Waals surface area contributed by atoms with Crippen LogP contribution in [0.2, 0.25) is 0 Å². The van der Waals surface area contributed by atoms with E-state index in [4.69, 9.17) is 0 Å². The van der Waals surface area contributed by atoms with E-state index in [1.54, 1.807) is 0 Å². The second kappa shape index (κ2) is 3.92. The number of hydrogen-bond donors (Lipinski definition) is 1. The molecule has 0 atom stereocenters. The topological polar surface area (TPSA) is 45.8 Å². The molecule has 0 unspecified atom stereocenters. The molecule has 1 aromatic rings. The molecule has 0 fully saturated rings. The molecule has 0 amide bonds. The largest absolute Gasteiger partial charge is 0.290 e. The molecule has 1 N–H and O–H groups in total. The van der Waals surface area contributed by atoms with E-state index < -0.39 is 0 Å². The van der Waals surface area contributed by atoms with Crippen LogP contribution in [0, 0.1) is 6.20 Å². The maximum absolute atomic E-state index is 10.1. The summed E-state index contributed by atoms with van der Waals surface area (Å²) in [4.78, 5) is 10.1. The average molecular weight is 184 g/mol. The first-order valence-corrected chi connectivity index (χ1v) is 1.81. The number of aromatic amines is 1. The molecule has 0 saturated carbocycles. The SMILES string of the molecule is O=c1cc[c-]n[nH]1.[Y]. The van der Waals surface area contributed by atoms with Crippen molar-refractivity contribution in [2.75, 3.05) is 0 Å². The van der Waals surface area contributed by atoms with Crippen LogP contribution in [0.25, 0.3) is 0 Å². The third-order valence-corrected chi connectivity index (χ3v) is 0.540. The molecule has 0 bridgehead atoms. The Labute approximate surface area is 71.4 Å². The summed E-state index contributed by atoms with van der Waals surface area (Å²) in [5.74, 6) is 0. The Kier molecular flexibility index (Phi) is 3.92. The van der Waals surface area contributed by atoms with E-state index in [1.807, 2.05) is 0 Å². The number of hydrogen-bond acceptors (Lipinski definition) is 2. The first kappa shape index (κ1) is 7.98. The van der Waals surface area contributed by atoms with Gasteiger partial charge in [0.05, 0.1) is 0 Å². The van der Waals surface area contributed by atoms with E-state index >= 15 is 0 Å². The van der Waals surface area contributed by atoms with E-state index in [1.165, 1.54) is 12.1 Å². The minimum absolute atomic E-state index is 0. The van der Waals surface area contributed by atoms with Crippen molar-refractivity contribution in [1.29, 1.82) is 0 Å². The first-order valence-electron chi connectivity index (χ1n) is 1.81. The molecule has 0 saturated heterocycles. The summed E-state index contributed by atoms with van der Waals surface area (Å²) >= 11 is 0. The summed E-state index contributed by atoms with van der Waals surface area (Å²) < 4.78 is 0. The molecule has 1 aromatic heterocycles. The third kappa shape index (κ3) is 2.33. The predicted octanol–water partition coefficient (Wildman–Crippen LogP) is -0.432. The molecule has 1 radical (unpaired) electrons. The van der Waals surface area contributed by atoms with Gasteiger partial charge in [0, 0.05) is 32.7 Å². The summed E-state index contributed by atoms with van der Waals surface area (Å²) in [6, 6.07) is 2.81. The zero-order valence-corrected chi connectivity index (χ0v) is 6.93. The fourth-order valence-corrected chi connectivity index (χ4v) is 0.275. The van der Waals surface area contributed by atoms with Gasteiger partial charge in [0.15, 0.2) is 5.56 Å². The summed E-state index contributed by atoms with van der Waals surface area (Å²) in [6.45, 7) is 0. The summed E-state index contributed by atoms with van der Waals surface area (Å²) in [5.41, 5.74) is -0.196. The standard InChI is InChI=1S/C4H3N2O.Y/c7-4-2-1-3-5-6-4;/h1-2H,(H,6,7);/q-1;. The van der Waals surface area contributed by atoms with Crippen LogP contribution in [-0.4, -0.2) is 10.2 Å². The second-order valence-corrected chi connectivity index (χ2v) is 1.05. The van der Waals surface area contributed by atoms with Gasteiger partial charge in [0.25, 0.3) is 0 Å². The Hall–Kier alpha value is -0.0161. The summed E-state index contributed by atoms with van der Waals surface area (Å²) in [5, 5.41) is 5.49. The quantitative estimate of drug-likeness (QED) is 0.556. The molecule has 4 heteroatoms. The van der Waals surface area contributed by atoms with Crippen LogP contribution < -0.4 is 5.56 Å². The van der Waals surface area contributed by atoms with E-state index in [-0.39, 0.29) is 38.3 Å². The van der Waals surface area contributed by atoms with Gasteiger partial charge < -0.3 is 0 Å². The zero-order chi connectivity index (χ0) is 5.11. The van der Waals surface area contributed by atoms with Crippen LogP contribution in [0.3, 0.4) is 0 Å². The van der Waals surface area contributed by atoms with Crippen LogP contribution in [0.5, 0.6) is 0 Å². The number of nitrogens with one attached hydrogen (secondary N) is 1. The van der Waals surface area contributed by atoms with Gasteiger partial charge >= 0.3 is 0 Å². The molecule has 1 heterocycles. The molecular weight excluding hydrogens is 181 g/mol. The molecular formula is C4H3N2OY-. The minimum Gasteiger partial charge on any atom is -0.290 e. The number of nitrogens with zero attached hydrogens (tertiary/aromatic N) is 1. The van der Waals surface area contributed by atoms with Gasteiger partial charge in [-0.1, -0.05) is 0 Å². The molecule has 0 spiro atoms. The molecule has 0 aliphatic carbocycles. The van der Waals surface area contributed by atoms with Crippen molar-refractivity contribution in [2.24, 2.45) is 0 Å². The number of aromatic nitrogens is 2. The summed E-state index contributed by atoms with van der Waals surface area (Å²) in [7, 11) is 0. The van der Waals surface area contributed by atoms with Crippen molar-refractivity contribution in [2.45, 2.75) is 0 Å². The van der Waals surface area contributed by atoms with Gasteiger partial charge in [-0.05, 0) is 0 Å². The van der Waals surface area contributed by atoms with Crippen molar-refractivity contribution >= 4 is 0 Å². The molecule has 39 valence electrons. The zero-order valence-electron chi connectivity index (χ0n) is 4.09. The first-order chi connectivity index (χ1) is 3.39. The Bertz CT molecular complexity index is 180. The van der Waals surface area contributed by atoms with E-state index in [2.05, 4.69) is 16.4 Å². The molecule has 3 nitrogen and oxygen atoms in total. The predicted molar refractivity (Wildman–Crippen MR) is 23.7 cm³/mol. The van der Waals surface area contributed by atoms with Crippen LogP contribution in [0.4, 0.5) is 0 Å². The van der Waals surface area contributed by atoms with Crippen molar-refractivity contribution in [3.8, 4) is 0 Å². The Morgan fingerprint density at radius 3 is 2.75 bits per heavy atom. The van der Waals surface area contributed by atoms with E-state index in [9.17, 15) is 4.79 Å². The monoisotopic (exact) mass is 184 g/mol. The Balaban J connectivity index is 0.000000490. The number of rotatable bonds is 0. The molecule has 1 rings (SSSR count). The Morgan fingerprint density at radius 1 is 1.75 bits per heavy atom. The second-order valence-electron chi connectivity index (χ2n) is 1.05. The minimum atomic E-state index is -0.196. The van der Waals surface area contributed by atoms with Crippen LogP contribution >= 0.6 is 0 Å². The maximum atomic E-state index is 10.1. The molecule has 0 aliphatic heterocycles. The van der Waals surface area contributed by atoms with Gasteiger partial charge in [0.2, 0.25) is 0 Å². The van der Waals surface area contributed by atoms with E-state index in [0.29, 0.717) is 0 Å². The van der Waals surface area contributed by atoms with Gasteiger partial charge in [-0.25, -0.2) is 6.07 Å². The van der Waals surface area contributed by atoms with Crippen LogP contribution in [0.1, 0.15) is 0 Å². The number of H-pyrrole nitrogens is 1. The van der Waals surface area contributed by atoms with Crippen molar-refractivity contribution in [1.82, 2.24) is 10.2 Å². The van der Waals surface area contributed by atoms with E-state index in [0.717, 1.165) is 0 Å². The van der Waals surface area contributed by atoms with Crippen molar-refractivity contribution < 1.29 is 32.7 Å². The van der Waals surface area contributed by atoms with Gasteiger partial charge in [-0.15, -0.1) is 12.3 Å². The van der Waals surface area contributed by atoms with Crippen molar-refractivity contribution in [3.63, 3.8) is 0 Å². The smallest absolute Gasteiger partial charge is 0.181 e. The molecule has 0 aliphatic rings. The summed E-state index contributed by atoms with van der Waals surface area (Å²) in [6.07, 6.45) is 2.43. The normalized spacial score (nSPS) is 7.50. The van der Waals surface area contributed by atoms with Crippen LogP contribution in [-0.2, 0) is 32.7 Å². The van der Waals surface area contributed by atoms with Gasteiger partial charge in [-0.3, -0.25) is 15.0 Å². The average Bonchev–Trinajstić information content (AvgIpc) is 1.69. The fraction of sp³-hybridized carbons (Fsp3) is 0. The fourth-order valence-electron chi connectivity index (χ4n) is 0.275. The maximum Gasteiger partial charge on any atom is 0.181 e. The Morgan fingerprint density at radius 2 is 2.50 bits per heavy atom.